The van der Waals surface area contributed by atoms with Gasteiger partial charge in [-0.25, -0.2) is 4.39 Å². The van der Waals surface area contributed by atoms with Crippen LogP contribution in [0, 0.1) is 0 Å². The molecule has 0 aromatic heterocycles. The summed E-state index contributed by atoms with van der Waals surface area (Å²) in [5, 5.41) is 8.63. The summed E-state index contributed by atoms with van der Waals surface area (Å²) in [5.41, 5.74) is 6.59. The molecule has 1 rings (SSSR count). The van der Waals surface area contributed by atoms with Gasteiger partial charge in [-0.05, 0) is 24.1 Å². The number of carboxylic acids is 1. The van der Waals surface area contributed by atoms with Gasteiger partial charge in [0.2, 0.25) is 5.91 Å². The number of ether oxygens (including phenoxy) is 1. The molecule has 3 N–H and O–H groups in total. The van der Waals surface area contributed by atoms with Gasteiger partial charge in [0.25, 0.3) is 0 Å². The third-order valence-electron chi connectivity index (χ3n) is 2.79. The molecule has 1 atom stereocenters. The third-order valence-corrected chi connectivity index (χ3v) is 2.79. The van der Waals surface area contributed by atoms with Gasteiger partial charge in [-0.15, -0.1) is 0 Å². The monoisotopic (exact) mass is 298 g/mol. The standard InChI is InChI=1S/C14H19FN2O4/c1-17(9-13(18)19)14(20)12(16)8-10-2-4-11(5-3-10)21-7-6-15/h2-5,12H,6-9,16H2,1H3,(H,18,19). The topological polar surface area (TPSA) is 92.9 Å². The number of amides is 1. The normalized spacial score (nSPS) is 11.8. The quantitative estimate of drug-likeness (QED) is 0.727. The van der Waals surface area contributed by atoms with E-state index in [1.165, 1.54) is 7.05 Å². The van der Waals surface area contributed by atoms with Crippen LogP contribution in [0.25, 0.3) is 0 Å². The number of aliphatic carboxylic acids is 1. The van der Waals surface area contributed by atoms with Crippen LogP contribution in [0.3, 0.4) is 0 Å². The summed E-state index contributed by atoms with van der Waals surface area (Å²) in [6.45, 7) is -0.948. The van der Waals surface area contributed by atoms with Crippen molar-refractivity contribution in [1.29, 1.82) is 0 Å². The Kier molecular flexibility index (Phi) is 6.61. The minimum absolute atomic E-state index is 0.00265. The van der Waals surface area contributed by atoms with Crippen molar-refractivity contribution in [3.63, 3.8) is 0 Å². The van der Waals surface area contributed by atoms with Gasteiger partial charge in [0.1, 0.15) is 25.6 Å². The van der Waals surface area contributed by atoms with E-state index in [4.69, 9.17) is 15.6 Å². The van der Waals surface area contributed by atoms with Crippen LogP contribution in [0.1, 0.15) is 5.56 Å². The smallest absolute Gasteiger partial charge is 0.323 e. The Morgan fingerprint density at radius 1 is 1.38 bits per heavy atom. The molecule has 1 aromatic rings. The van der Waals surface area contributed by atoms with E-state index in [0.29, 0.717) is 5.75 Å². The van der Waals surface area contributed by atoms with E-state index in [1.807, 2.05) is 0 Å². The number of nitrogens with zero attached hydrogens (tertiary/aromatic N) is 1. The number of carboxylic acid groups (broad SMARTS) is 1. The van der Waals surface area contributed by atoms with Gasteiger partial charge in [0.15, 0.2) is 0 Å². The number of carbonyl (C=O) groups excluding carboxylic acids is 1. The van der Waals surface area contributed by atoms with Gasteiger partial charge in [0.05, 0.1) is 6.04 Å². The molecule has 0 saturated heterocycles. The third kappa shape index (κ3) is 5.78. The van der Waals surface area contributed by atoms with Crippen molar-refractivity contribution in [2.75, 3.05) is 26.9 Å². The second kappa shape index (κ2) is 8.21. The predicted molar refractivity (Wildman–Crippen MR) is 74.9 cm³/mol. The molecule has 0 aliphatic carbocycles. The van der Waals surface area contributed by atoms with Crippen LogP contribution < -0.4 is 10.5 Å². The van der Waals surface area contributed by atoms with E-state index >= 15 is 0 Å². The second-order valence-electron chi connectivity index (χ2n) is 4.58. The number of nitrogens with two attached hydrogens (primary N) is 1. The van der Waals surface area contributed by atoms with Gasteiger partial charge < -0.3 is 20.5 Å². The number of hydrogen-bond acceptors (Lipinski definition) is 4. The largest absolute Gasteiger partial charge is 0.491 e. The van der Waals surface area contributed by atoms with Crippen LogP contribution in [0.4, 0.5) is 4.39 Å². The summed E-state index contributed by atoms with van der Waals surface area (Å²) in [4.78, 5) is 23.5. The van der Waals surface area contributed by atoms with E-state index in [0.717, 1.165) is 10.5 Å². The van der Waals surface area contributed by atoms with Gasteiger partial charge in [0, 0.05) is 7.05 Å². The first-order valence-electron chi connectivity index (χ1n) is 6.44. The highest BCUT2D eigenvalue weighted by Gasteiger charge is 2.20. The van der Waals surface area contributed by atoms with Crippen LogP contribution >= 0.6 is 0 Å². The van der Waals surface area contributed by atoms with Crippen LogP contribution in [0.2, 0.25) is 0 Å². The van der Waals surface area contributed by atoms with E-state index in [2.05, 4.69) is 0 Å². The number of benzene rings is 1. The fourth-order valence-corrected chi connectivity index (χ4v) is 1.78. The Morgan fingerprint density at radius 2 is 2.00 bits per heavy atom. The lowest BCUT2D eigenvalue weighted by Crippen LogP contribution is -2.44. The maximum atomic E-state index is 12.0. The Labute approximate surface area is 122 Å². The number of likely N-dealkylation sites (N-methyl/N-ethyl adjacent to an activating group) is 1. The van der Waals surface area contributed by atoms with Crippen LogP contribution in [0.5, 0.6) is 5.75 Å². The first kappa shape index (κ1) is 16.9. The summed E-state index contributed by atoms with van der Waals surface area (Å²) < 4.78 is 17.1. The van der Waals surface area contributed by atoms with E-state index in [-0.39, 0.29) is 19.6 Å². The van der Waals surface area contributed by atoms with Crippen molar-refractivity contribution < 1.29 is 23.8 Å². The summed E-state index contributed by atoms with van der Waals surface area (Å²) in [6.07, 6.45) is 0.284. The molecule has 116 valence electrons. The van der Waals surface area contributed by atoms with Gasteiger partial charge >= 0.3 is 5.97 Å². The highest BCUT2D eigenvalue weighted by molar-refractivity contribution is 5.85. The first-order chi connectivity index (χ1) is 9.93. The SMILES string of the molecule is CN(CC(=O)O)C(=O)C(N)Cc1ccc(OCCF)cc1. The zero-order valence-corrected chi connectivity index (χ0v) is 11.8. The molecule has 0 bridgehead atoms. The molecule has 0 spiro atoms. The van der Waals surface area contributed by atoms with Crippen LogP contribution in [-0.4, -0.2) is 54.8 Å². The fourth-order valence-electron chi connectivity index (χ4n) is 1.78. The number of carbonyl (C=O) groups is 2. The fraction of sp³-hybridized carbons (Fsp3) is 0.429. The number of hydrogen-bond donors (Lipinski definition) is 2. The summed E-state index contributed by atoms with van der Waals surface area (Å²) in [6, 6.07) is 5.99. The second-order valence-corrected chi connectivity index (χ2v) is 4.58. The molecular formula is C14H19FN2O4. The molecule has 21 heavy (non-hydrogen) atoms. The molecular weight excluding hydrogens is 279 g/mol. The first-order valence-corrected chi connectivity index (χ1v) is 6.44. The summed E-state index contributed by atoms with van der Waals surface area (Å²) >= 11 is 0. The van der Waals surface area contributed by atoms with Gasteiger partial charge in [-0.3, -0.25) is 9.59 Å². The molecule has 1 amide bonds. The lowest BCUT2D eigenvalue weighted by atomic mass is 10.1. The average Bonchev–Trinajstić information content (AvgIpc) is 2.45. The van der Waals surface area contributed by atoms with Crippen molar-refractivity contribution in [2.45, 2.75) is 12.5 Å². The average molecular weight is 298 g/mol. The Hall–Kier alpha value is -2.15. The molecule has 1 unspecified atom stereocenters. The van der Waals surface area contributed by atoms with E-state index < -0.39 is 24.6 Å². The zero-order valence-electron chi connectivity index (χ0n) is 11.8. The zero-order chi connectivity index (χ0) is 15.8. The number of rotatable bonds is 8. The number of alkyl halides is 1. The van der Waals surface area contributed by atoms with Crippen molar-refractivity contribution >= 4 is 11.9 Å². The molecule has 6 nitrogen and oxygen atoms in total. The molecule has 0 aliphatic rings. The van der Waals surface area contributed by atoms with Gasteiger partial charge in [-0.1, -0.05) is 12.1 Å². The molecule has 0 aliphatic heterocycles. The molecule has 1 aromatic carbocycles. The molecule has 0 saturated carbocycles. The molecule has 7 heteroatoms. The number of halogens is 1. The minimum atomic E-state index is -1.09. The van der Waals surface area contributed by atoms with Crippen molar-refractivity contribution in [3.05, 3.63) is 29.8 Å². The highest BCUT2D eigenvalue weighted by atomic mass is 19.1. The lowest BCUT2D eigenvalue weighted by molar-refractivity contribution is -0.143. The molecule has 0 heterocycles. The van der Waals surface area contributed by atoms with Gasteiger partial charge in [-0.2, -0.15) is 0 Å². The Balaban J connectivity index is 2.55. The van der Waals surface area contributed by atoms with Crippen molar-refractivity contribution in [2.24, 2.45) is 5.73 Å². The summed E-state index contributed by atoms with van der Waals surface area (Å²) in [7, 11) is 1.39. The van der Waals surface area contributed by atoms with E-state index in [1.54, 1.807) is 24.3 Å². The molecule has 0 fully saturated rings. The van der Waals surface area contributed by atoms with Crippen molar-refractivity contribution in [1.82, 2.24) is 4.90 Å². The van der Waals surface area contributed by atoms with Crippen LogP contribution in [0.15, 0.2) is 24.3 Å². The maximum absolute atomic E-state index is 12.0. The highest BCUT2D eigenvalue weighted by Crippen LogP contribution is 2.13. The Bertz CT molecular complexity index is 478. The van der Waals surface area contributed by atoms with E-state index in [9.17, 15) is 14.0 Å². The maximum Gasteiger partial charge on any atom is 0.323 e. The minimum Gasteiger partial charge on any atom is -0.491 e. The predicted octanol–water partition coefficient (Wildman–Crippen LogP) is 0.448. The lowest BCUT2D eigenvalue weighted by Gasteiger charge is -2.19. The molecule has 0 radical (unpaired) electrons. The van der Waals surface area contributed by atoms with Crippen molar-refractivity contribution in [3.8, 4) is 5.75 Å². The summed E-state index contributed by atoms with van der Waals surface area (Å²) in [5.74, 6) is -0.984. The Morgan fingerprint density at radius 3 is 2.52 bits per heavy atom. The van der Waals surface area contributed by atoms with Crippen LogP contribution in [-0.2, 0) is 16.0 Å².